The van der Waals surface area contributed by atoms with Gasteiger partial charge in [0.15, 0.2) is 6.54 Å². The van der Waals surface area contributed by atoms with Crippen LogP contribution in [0.4, 0.5) is 11.4 Å². The molecule has 0 atom stereocenters. The van der Waals surface area contributed by atoms with Crippen LogP contribution < -0.4 is 19.9 Å². The van der Waals surface area contributed by atoms with Crippen LogP contribution >= 0.6 is 0 Å². The number of rotatable bonds is 6. The van der Waals surface area contributed by atoms with Gasteiger partial charge in [0.2, 0.25) is 0 Å². The standard InChI is InChI=1S/C21H27N3O2/c1-3-17-7-6-8-18(15-17)22-21(25)16-23-11-13-24(14-12-23)19-9-4-5-10-20(19)26-2/h4-10,15H,3,11-14,16H2,1-2H3,(H,22,25)/p+1. The third-order valence-corrected chi connectivity index (χ3v) is 4.93. The topological polar surface area (TPSA) is 46.0 Å². The van der Waals surface area contributed by atoms with Gasteiger partial charge in [-0.2, -0.15) is 0 Å². The number of piperazine rings is 1. The molecule has 2 aromatic rings. The van der Waals surface area contributed by atoms with Crippen LogP contribution in [0.25, 0.3) is 0 Å². The molecule has 0 spiro atoms. The van der Waals surface area contributed by atoms with Gasteiger partial charge in [-0.15, -0.1) is 0 Å². The molecule has 0 bridgehead atoms. The molecule has 1 amide bonds. The van der Waals surface area contributed by atoms with Crippen molar-refractivity contribution in [2.45, 2.75) is 13.3 Å². The molecule has 0 radical (unpaired) electrons. The minimum Gasteiger partial charge on any atom is -0.495 e. The number of carbonyl (C=O) groups is 1. The minimum atomic E-state index is 0.0824. The number of hydrogen-bond acceptors (Lipinski definition) is 3. The van der Waals surface area contributed by atoms with Crippen molar-refractivity contribution in [3.63, 3.8) is 0 Å². The first-order valence-electron chi connectivity index (χ1n) is 9.30. The number of amides is 1. The van der Waals surface area contributed by atoms with Gasteiger partial charge in [0.25, 0.3) is 5.91 Å². The molecule has 1 aliphatic rings. The summed E-state index contributed by atoms with van der Waals surface area (Å²) < 4.78 is 5.46. The molecule has 0 saturated carbocycles. The second kappa shape index (κ2) is 8.72. The van der Waals surface area contributed by atoms with Crippen molar-refractivity contribution in [3.05, 3.63) is 54.1 Å². The van der Waals surface area contributed by atoms with Crippen LogP contribution in [-0.2, 0) is 11.2 Å². The molecule has 1 heterocycles. The number of benzene rings is 2. The number of aryl methyl sites for hydroxylation is 1. The first-order chi connectivity index (χ1) is 12.7. The average molecular weight is 354 g/mol. The Hall–Kier alpha value is -2.53. The fraction of sp³-hybridized carbons (Fsp3) is 0.381. The van der Waals surface area contributed by atoms with Crippen molar-refractivity contribution < 1.29 is 14.4 Å². The Kier molecular flexibility index (Phi) is 6.12. The lowest BCUT2D eigenvalue weighted by atomic mass is 10.1. The molecule has 0 aliphatic carbocycles. The number of anilines is 2. The molecule has 5 nitrogen and oxygen atoms in total. The van der Waals surface area contributed by atoms with E-state index in [1.165, 1.54) is 10.5 Å². The molecule has 1 fully saturated rings. The number of nitrogens with zero attached hydrogens (tertiary/aromatic N) is 1. The monoisotopic (exact) mass is 354 g/mol. The average Bonchev–Trinajstić information content (AvgIpc) is 2.68. The van der Waals surface area contributed by atoms with Gasteiger partial charge in [-0.05, 0) is 36.2 Å². The molecule has 5 heteroatoms. The van der Waals surface area contributed by atoms with Crippen LogP contribution in [0.15, 0.2) is 48.5 Å². The highest BCUT2D eigenvalue weighted by atomic mass is 16.5. The molecule has 2 N–H and O–H groups in total. The van der Waals surface area contributed by atoms with Gasteiger partial charge in [-0.1, -0.05) is 31.2 Å². The Morgan fingerprint density at radius 3 is 2.65 bits per heavy atom. The first-order valence-corrected chi connectivity index (χ1v) is 9.30. The quantitative estimate of drug-likeness (QED) is 0.828. The third kappa shape index (κ3) is 4.55. The van der Waals surface area contributed by atoms with Gasteiger partial charge in [0.1, 0.15) is 5.75 Å². The summed E-state index contributed by atoms with van der Waals surface area (Å²) in [5.74, 6) is 0.989. The number of hydrogen-bond donors (Lipinski definition) is 2. The van der Waals surface area contributed by atoms with Crippen molar-refractivity contribution in [3.8, 4) is 5.75 Å². The van der Waals surface area contributed by atoms with Crippen LogP contribution in [-0.4, -0.2) is 45.7 Å². The van der Waals surface area contributed by atoms with E-state index in [0.717, 1.165) is 49.7 Å². The van der Waals surface area contributed by atoms with Gasteiger partial charge in [-0.25, -0.2) is 0 Å². The minimum absolute atomic E-state index is 0.0824. The Bertz CT molecular complexity index is 740. The van der Waals surface area contributed by atoms with Gasteiger partial charge in [0.05, 0.1) is 39.0 Å². The predicted molar refractivity (Wildman–Crippen MR) is 105 cm³/mol. The van der Waals surface area contributed by atoms with Gasteiger partial charge in [-0.3, -0.25) is 4.79 Å². The number of carbonyl (C=O) groups excluding carboxylic acids is 1. The molecule has 3 rings (SSSR count). The van der Waals surface area contributed by atoms with E-state index in [2.05, 4.69) is 29.3 Å². The van der Waals surface area contributed by atoms with E-state index >= 15 is 0 Å². The zero-order valence-corrected chi connectivity index (χ0v) is 15.6. The van der Waals surface area contributed by atoms with Crippen molar-refractivity contribution in [2.24, 2.45) is 0 Å². The second-order valence-corrected chi connectivity index (χ2v) is 6.69. The fourth-order valence-electron chi connectivity index (χ4n) is 3.43. The van der Waals surface area contributed by atoms with E-state index in [4.69, 9.17) is 4.74 Å². The maximum absolute atomic E-state index is 12.4. The zero-order valence-electron chi connectivity index (χ0n) is 15.6. The van der Waals surface area contributed by atoms with Gasteiger partial charge >= 0.3 is 0 Å². The summed E-state index contributed by atoms with van der Waals surface area (Å²) >= 11 is 0. The molecular formula is C21H28N3O2+. The van der Waals surface area contributed by atoms with Crippen molar-refractivity contribution in [2.75, 3.05) is 50.1 Å². The molecular weight excluding hydrogens is 326 g/mol. The summed E-state index contributed by atoms with van der Waals surface area (Å²) in [5, 5.41) is 3.03. The van der Waals surface area contributed by atoms with Crippen LogP contribution in [0, 0.1) is 0 Å². The number of ether oxygens (including phenoxy) is 1. The Balaban J connectivity index is 1.51. The second-order valence-electron chi connectivity index (χ2n) is 6.69. The van der Waals surface area contributed by atoms with E-state index < -0.39 is 0 Å². The lowest BCUT2D eigenvalue weighted by Gasteiger charge is -2.34. The summed E-state index contributed by atoms with van der Waals surface area (Å²) in [7, 11) is 1.71. The summed E-state index contributed by atoms with van der Waals surface area (Å²) in [4.78, 5) is 16.0. The van der Waals surface area contributed by atoms with E-state index in [-0.39, 0.29) is 5.91 Å². The molecule has 0 aromatic heterocycles. The van der Waals surface area contributed by atoms with Crippen molar-refractivity contribution in [1.29, 1.82) is 0 Å². The lowest BCUT2D eigenvalue weighted by molar-refractivity contribution is -0.892. The number of quaternary nitrogens is 1. The van der Waals surface area contributed by atoms with Gasteiger partial charge < -0.3 is 19.9 Å². The third-order valence-electron chi connectivity index (χ3n) is 4.93. The van der Waals surface area contributed by atoms with E-state index in [1.807, 2.05) is 36.4 Å². The van der Waals surface area contributed by atoms with E-state index in [1.54, 1.807) is 7.11 Å². The SMILES string of the molecule is CCc1cccc(NC(=O)C[NH+]2CCN(c3ccccc3OC)CC2)c1. The normalized spacial score (nSPS) is 14.9. The zero-order chi connectivity index (χ0) is 18.4. The maximum atomic E-state index is 12.4. The van der Waals surface area contributed by atoms with Crippen LogP contribution in [0.5, 0.6) is 5.75 Å². The number of para-hydroxylation sites is 2. The van der Waals surface area contributed by atoms with Crippen molar-refractivity contribution >= 4 is 17.3 Å². The molecule has 26 heavy (non-hydrogen) atoms. The highest BCUT2D eigenvalue weighted by Gasteiger charge is 2.23. The fourth-order valence-corrected chi connectivity index (χ4v) is 3.43. The van der Waals surface area contributed by atoms with E-state index in [9.17, 15) is 4.79 Å². The van der Waals surface area contributed by atoms with Gasteiger partial charge in [0, 0.05) is 5.69 Å². The Morgan fingerprint density at radius 1 is 1.15 bits per heavy atom. The molecule has 138 valence electrons. The van der Waals surface area contributed by atoms with E-state index in [0.29, 0.717) is 6.54 Å². The lowest BCUT2D eigenvalue weighted by Crippen LogP contribution is -3.15. The highest BCUT2D eigenvalue weighted by molar-refractivity contribution is 5.91. The Labute approximate surface area is 155 Å². The molecule has 1 saturated heterocycles. The first kappa shape index (κ1) is 18.3. The van der Waals surface area contributed by atoms with Crippen LogP contribution in [0.2, 0.25) is 0 Å². The van der Waals surface area contributed by atoms with Crippen LogP contribution in [0.3, 0.4) is 0 Å². The maximum Gasteiger partial charge on any atom is 0.279 e. The molecule has 2 aromatic carbocycles. The summed E-state index contributed by atoms with van der Waals surface area (Å²) in [5.41, 5.74) is 3.26. The predicted octanol–water partition coefficient (Wildman–Crippen LogP) is 1.60. The van der Waals surface area contributed by atoms with Crippen LogP contribution in [0.1, 0.15) is 12.5 Å². The largest absolute Gasteiger partial charge is 0.495 e. The smallest absolute Gasteiger partial charge is 0.279 e. The molecule has 0 unspecified atom stereocenters. The number of nitrogens with one attached hydrogen (secondary N) is 2. The summed E-state index contributed by atoms with van der Waals surface area (Å²) in [6.07, 6.45) is 0.972. The molecule has 1 aliphatic heterocycles. The van der Waals surface area contributed by atoms with Crippen molar-refractivity contribution in [1.82, 2.24) is 0 Å². The number of methoxy groups -OCH3 is 1. The summed E-state index contributed by atoms with van der Waals surface area (Å²) in [6, 6.07) is 16.2. The Morgan fingerprint density at radius 2 is 1.92 bits per heavy atom. The highest BCUT2D eigenvalue weighted by Crippen LogP contribution is 2.27. The summed E-state index contributed by atoms with van der Waals surface area (Å²) in [6.45, 7) is 6.37.